The summed E-state index contributed by atoms with van der Waals surface area (Å²) in [5.41, 5.74) is 0.939. The number of hydrogen-bond acceptors (Lipinski definition) is 5. The van der Waals surface area contributed by atoms with Gasteiger partial charge in [0.1, 0.15) is 11.9 Å². The molecule has 1 aliphatic rings. The van der Waals surface area contributed by atoms with Gasteiger partial charge in [-0.2, -0.15) is 5.10 Å². The van der Waals surface area contributed by atoms with Gasteiger partial charge in [0.25, 0.3) is 0 Å². The quantitative estimate of drug-likeness (QED) is 0.912. The standard InChI is InChI=1S/C14H20N6O2/c1-4-20-11(5-7-15-20)12-10(6-8-22-12)13(21)16-14-18-17-9(2)19(14)3/h5,7,10,12H,4,6,8H2,1-3H3,(H,16,18,21)/t10-,12-/m1/s1. The molecule has 2 atom stereocenters. The van der Waals surface area contributed by atoms with Crippen molar-refractivity contribution in [2.75, 3.05) is 11.9 Å². The van der Waals surface area contributed by atoms with Crippen LogP contribution in [0.4, 0.5) is 5.95 Å². The van der Waals surface area contributed by atoms with E-state index in [1.54, 1.807) is 10.8 Å². The van der Waals surface area contributed by atoms with E-state index in [2.05, 4.69) is 20.6 Å². The first-order chi connectivity index (χ1) is 10.6. The second-order valence-corrected chi connectivity index (χ2v) is 5.38. The van der Waals surface area contributed by atoms with Crippen LogP contribution in [0.25, 0.3) is 0 Å². The van der Waals surface area contributed by atoms with Crippen LogP contribution in [-0.2, 0) is 23.1 Å². The van der Waals surface area contributed by atoms with E-state index in [-0.39, 0.29) is 17.9 Å². The Morgan fingerprint density at radius 3 is 3.00 bits per heavy atom. The van der Waals surface area contributed by atoms with Crippen molar-refractivity contribution >= 4 is 11.9 Å². The molecule has 8 nitrogen and oxygen atoms in total. The van der Waals surface area contributed by atoms with E-state index in [0.29, 0.717) is 19.0 Å². The van der Waals surface area contributed by atoms with Crippen molar-refractivity contribution < 1.29 is 9.53 Å². The molecule has 2 aromatic rings. The van der Waals surface area contributed by atoms with Gasteiger partial charge < -0.3 is 9.30 Å². The average molecular weight is 304 g/mol. The molecule has 0 aromatic carbocycles. The summed E-state index contributed by atoms with van der Waals surface area (Å²) in [6.07, 6.45) is 2.15. The first-order valence-electron chi connectivity index (χ1n) is 7.42. The Morgan fingerprint density at radius 1 is 1.50 bits per heavy atom. The summed E-state index contributed by atoms with van der Waals surface area (Å²) in [6, 6.07) is 1.91. The van der Waals surface area contributed by atoms with Crippen LogP contribution in [0.1, 0.15) is 31.0 Å². The monoisotopic (exact) mass is 304 g/mol. The van der Waals surface area contributed by atoms with E-state index in [0.717, 1.165) is 18.1 Å². The lowest BCUT2D eigenvalue weighted by Crippen LogP contribution is -2.27. The van der Waals surface area contributed by atoms with Crippen LogP contribution >= 0.6 is 0 Å². The van der Waals surface area contributed by atoms with Gasteiger partial charge in [-0.05, 0) is 26.3 Å². The zero-order chi connectivity index (χ0) is 15.7. The van der Waals surface area contributed by atoms with Crippen LogP contribution in [0.3, 0.4) is 0 Å². The van der Waals surface area contributed by atoms with E-state index < -0.39 is 0 Å². The number of carbonyl (C=O) groups is 1. The number of anilines is 1. The topological polar surface area (TPSA) is 86.9 Å². The molecular formula is C14H20N6O2. The van der Waals surface area contributed by atoms with Gasteiger partial charge in [0.05, 0.1) is 11.6 Å². The van der Waals surface area contributed by atoms with Gasteiger partial charge in [0.15, 0.2) is 0 Å². The van der Waals surface area contributed by atoms with Crippen LogP contribution in [0.15, 0.2) is 12.3 Å². The lowest BCUT2D eigenvalue weighted by atomic mass is 9.98. The first-order valence-corrected chi connectivity index (χ1v) is 7.42. The van der Waals surface area contributed by atoms with Gasteiger partial charge in [-0.3, -0.25) is 14.8 Å². The number of aryl methyl sites for hydroxylation is 2. The molecule has 3 rings (SSSR count). The highest BCUT2D eigenvalue weighted by Crippen LogP contribution is 2.35. The number of rotatable bonds is 4. The molecule has 118 valence electrons. The van der Waals surface area contributed by atoms with E-state index in [1.165, 1.54) is 0 Å². The van der Waals surface area contributed by atoms with Gasteiger partial charge in [-0.25, -0.2) is 0 Å². The maximum absolute atomic E-state index is 12.6. The van der Waals surface area contributed by atoms with Crippen molar-refractivity contribution in [1.82, 2.24) is 24.5 Å². The Kier molecular flexibility index (Phi) is 3.93. The fourth-order valence-corrected chi connectivity index (χ4v) is 2.72. The van der Waals surface area contributed by atoms with Gasteiger partial charge >= 0.3 is 0 Å². The van der Waals surface area contributed by atoms with Crippen molar-refractivity contribution in [3.63, 3.8) is 0 Å². The predicted molar refractivity (Wildman–Crippen MR) is 79.1 cm³/mol. The molecule has 1 saturated heterocycles. The molecule has 22 heavy (non-hydrogen) atoms. The molecule has 1 amide bonds. The Morgan fingerprint density at radius 2 is 2.32 bits per heavy atom. The molecule has 3 heterocycles. The van der Waals surface area contributed by atoms with Crippen LogP contribution < -0.4 is 5.32 Å². The Labute approximate surface area is 128 Å². The summed E-state index contributed by atoms with van der Waals surface area (Å²) in [6.45, 7) is 5.17. The summed E-state index contributed by atoms with van der Waals surface area (Å²) in [5, 5.41) is 15.0. The van der Waals surface area contributed by atoms with Gasteiger partial charge in [0.2, 0.25) is 11.9 Å². The Bertz CT molecular complexity index is 677. The zero-order valence-electron chi connectivity index (χ0n) is 13.0. The minimum absolute atomic E-state index is 0.0955. The molecule has 8 heteroatoms. The fraction of sp³-hybridized carbons (Fsp3) is 0.571. The van der Waals surface area contributed by atoms with Crippen LogP contribution in [0, 0.1) is 12.8 Å². The van der Waals surface area contributed by atoms with Crippen molar-refractivity contribution in [3.8, 4) is 0 Å². The number of ether oxygens (including phenoxy) is 1. The van der Waals surface area contributed by atoms with E-state index in [9.17, 15) is 4.79 Å². The van der Waals surface area contributed by atoms with Crippen molar-refractivity contribution in [2.45, 2.75) is 32.9 Å². The van der Waals surface area contributed by atoms with Crippen LogP contribution in [0.2, 0.25) is 0 Å². The largest absolute Gasteiger partial charge is 0.371 e. The second-order valence-electron chi connectivity index (χ2n) is 5.38. The van der Waals surface area contributed by atoms with Crippen molar-refractivity contribution in [1.29, 1.82) is 0 Å². The number of nitrogens with one attached hydrogen (secondary N) is 1. The fourth-order valence-electron chi connectivity index (χ4n) is 2.72. The molecule has 2 aromatic heterocycles. The highest BCUT2D eigenvalue weighted by atomic mass is 16.5. The highest BCUT2D eigenvalue weighted by Gasteiger charge is 2.37. The molecule has 1 N–H and O–H groups in total. The third-order valence-corrected chi connectivity index (χ3v) is 4.10. The summed E-state index contributed by atoms with van der Waals surface area (Å²) in [7, 11) is 1.82. The highest BCUT2D eigenvalue weighted by molar-refractivity contribution is 5.91. The first kappa shape index (κ1) is 14.7. The number of carbonyl (C=O) groups excluding carboxylic acids is 1. The third-order valence-electron chi connectivity index (χ3n) is 4.10. The van der Waals surface area contributed by atoms with Gasteiger partial charge in [-0.1, -0.05) is 0 Å². The molecule has 0 radical (unpaired) electrons. The number of aromatic nitrogens is 5. The molecule has 0 spiro atoms. The minimum atomic E-state index is -0.267. The smallest absolute Gasteiger partial charge is 0.232 e. The van der Waals surface area contributed by atoms with E-state index in [4.69, 9.17) is 4.74 Å². The second kappa shape index (κ2) is 5.88. The normalized spacial score (nSPS) is 21.2. The predicted octanol–water partition coefficient (Wildman–Crippen LogP) is 1.06. The number of nitrogens with zero attached hydrogens (tertiary/aromatic N) is 5. The molecule has 0 bridgehead atoms. The van der Waals surface area contributed by atoms with Crippen molar-refractivity contribution in [3.05, 3.63) is 23.8 Å². The van der Waals surface area contributed by atoms with Gasteiger partial charge in [-0.15, -0.1) is 10.2 Å². The lowest BCUT2D eigenvalue weighted by Gasteiger charge is -2.18. The summed E-state index contributed by atoms with van der Waals surface area (Å²) < 4.78 is 9.40. The lowest BCUT2D eigenvalue weighted by molar-refractivity contribution is -0.121. The Balaban J connectivity index is 1.78. The van der Waals surface area contributed by atoms with Gasteiger partial charge in [0, 0.05) is 26.4 Å². The maximum Gasteiger partial charge on any atom is 0.232 e. The number of hydrogen-bond donors (Lipinski definition) is 1. The summed E-state index contributed by atoms with van der Waals surface area (Å²) >= 11 is 0. The molecule has 1 fully saturated rings. The van der Waals surface area contributed by atoms with E-state index >= 15 is 0 Å². The molecular weight excluding hydrogens is 284 g/mol. The molecule has 1 aliphatic heterocycles. The summed E-state index contributed by atoms with van der Waals surface area (Å²) in [4.78, 5) is 12.6. The number of amides is 1. The van der Waals surface area contributed by atoms with E-state index in [1.807, 2.05) is 31.6 Å². The zero-order valence-corrected chi connectivity index (χ0v) is 13.0. The average Bonchev–Trinajstić information content (AvgIpc) is 3.21. The third kappa shape index (κ3) is 2.50. The molecule has 0 saturated carbocycles. The van der Waals surface area contributed by atoms with Crippen LogP contribution in [0.5, 0.6) is 0 Å². The SMILES string of the molecule is CCn1nccc1[C@@H]1OCC[C@H]1C(=O)Nc1nnc(C)n1C. The maximum atomic E-state index is 12.6. The molecule has 0 aliphatic carbocycles. The Hall–Kier alpha value is -2.22. The molecule has 0 unspecified atom stereocenters. The van der Waals surface area contributed by atoms with Crippen LogP contribution in [-0.4, -0.2) is 37.1 Å². The van der Waals surface area contributed by atoms with Crippen molar-refractivity contribution in [2.24, 2.45) is 13.0 Å². The minimum Gasteiger partial charge on any atom is -0.371 e. The summed E-state index contributed by atoms with van der Waals surface area (Å²) in [5.74, 6) is 0.858.